The third kappa shape index (κ3) is 8.70. The summed E-state index contributed by atoms with van der Waals surface area (Å²) in [6.45, 7) is 6.53. The highest BCUT2D eigenvalue weighted by Crippen LogP contribution is 2.51. The van der Waals surface area contributed by atoms with Crippen molar-refractivity contribution in [1.82, 2.24) is 108 Å². The Bertz CT molecular complexity index is 4160. The van der Waals surface area contributed by atoms with Crippen LogP contribution >= 0.6 is 0 Å². The maximum atomic E-state index is 12.9. The number of carbonyl (C=O) groups is 3. The molecule has 3 aliphatic heterocycles. The highest BCUT2D eigenvalue weighted by molar-refractivity contribution is 5.92. The molecule has 12 heterocycles. The lowest BCUT2D eigenvalue weighted by Crippen LogP contribution is -2.43. The summed E-state index contributed by atoms with van der Waals surface area (Å²) in [4.78, 5) is 89.2. The van der Waals surface area contributed by atoms with Crippen LogP contribution in [0.15, 0.2) is 62.5 Å². The molecule has 6 aliphatic rings. The Morgan fingerprint density at radius 2 is 1.01 bits per heavy atom. The molecule has 0 bridgehead atoms. The second kappa shape index (κ2) is 21.0. The van der Waals surface area contributed by atoms with E-state index in [-0.39, 0.29) is 65.4 Å². The fourth-order valence-corrected chi connectivity index (χ4v) is 14.6. The topological polar surface area (TPSA) is 339 Å². The van der Waals surface area contributed by atoms with Crippen LogP contribution in [0.4, 0.5) is 17.5 Å². The molecular weight excluding hydrogens is 1110 g/mol. The van der Waals surface area contributed by atoms with Gasteiger partial charge in [-0.15, -0.1) is 30.6 Å². The summed E-state index contributed by atoms with van der Waals surface area (Å²) in [7, 11) is 3.41. The lowest BCUT2D eigenvalue weighted by Gasteiger charge is -2.41. The van der Waals surface area contributed by atoms with Crippen molar-refractivity contribution in [2.24, 2.45) is 17.4 Å². The molecule has 4 N–H and O–H groups in total. The molecule has 3 saturated carbocycles. The number of anilines is 3. The number of aromatic nitrogens is 21. The number of nitrogens with zero attached hydrogens (tertiary/aromatic N) is 25. The maximum absolute atomic E-state index is 12.9. The molecule has 0 saturated heterocycles. The van der Waals surface area contributed by atoms with E-state index in [1.165, 1.54) is 23.8 Å². The van der Waals surface area contributed by atoms with Crippen molar-refractivity contribution in [3.63, 3.8) is 0 Å². The molecule has 15 rings (SSSR count). The van der Waals surface area contributed by atoms with E-state index in [0.717, 1.165) is 141 Å². The average molecular weight is 1180 g/mol. The second-order valence-electron chi connectivity index (χ2n) is 23.8. The Hall–Kier alpha value is -9.90. The van der Waals surface area contributed by atoms with E-state index in [4.69, 9.17) is 56.8 Å². The molecule has 87 heavy (non-hydrogen) atoms. The predicted octanol–water partition coefficient (Wildman–Crippen LogP) is 4.76. The minimum atomic E-state index is -0.651. The number of carbonyl (C=O) groups excluding carboxylic acids is 3. The number of fused-ring (bicyclic) bond motifs is 9. The summed E-state index contributed by atoms with van der Waals surface area (Å²) in [5, 5.41) is 29.2. The fraction of sp³-hybridized carbons (Fsp3) is 0.474. The lowest BCUT2D eigenvalue weighted by atomic mass is 10.00. The van der Waals surface area contributed by atoms with Crippen LogP contribution in [0.2, 0.25) is 0 Å². The van der Waals surface area contributed by atoms with Crippen molar-refractivity contribution in [3.05, 3.63) is 109 Å². The molecule has 446 valence electrons. The third-order valence-corrected chi connectivity index (χ3v) is 18.6. The van der Waals surface area contributed by atoms with Crippen molar-refractivity contribution in [1.29, 1.82) is 0 Å². The van der Waals surface area contributed by atoms with Gasteiger partial charge in [0.25, 0.3) is 17.7 Å². The Morgan fingerprint density at radius 3 is 1.60 bits per heavy atom. The molecular formula is C57H65N27O3. The van der Waals surface area contributed by atoms with Crippen LogP contribution in [-0.2, 0) is 6.42 Å². The monoisotopic (exact) mass is 1180 g/mol. The van der Waals surface area contributed by atoms with Crippen LogP contribution in [0.1, 0.15) is 189 Å². The first kappa shape index (κ1) is 53.8. The van der Waals surface area contributed by atoms with Crippen LogP contribution in [0.25, 0.3) is 34.9 Å². The van der Waals surface area contributed by atoms with E-state index in [9.17, 15) is 14.4 Å². The summed E-state index contributed by atoms with van der Waals surface area (Å²) >= 11 is 0. The molecule has 7 unspecified atom stereocenters. The quantitative estimate of drug-likeness (QED) is 0.140. The second-order valence-corrected chi connectivity index (χ2v) is 23.8. The van der Waals surface area contributed by atoms with Gasteiger partial charge in [0.15, 0.2) is 34.9 Å². The number of nitrogens with two attached hydrogens (primary N) is 2. The predicted molar refractivity (Wildman–Crippen MR) is 311 cm³/mol. The first-order chi connectivity index (χ1) is 42.4. The van der Waals surface area contributed by atoms with Crippen LogP contribution in [0.3, 0.4) is 0 Å². The standard InChI is InChI=1S/C57H65N27O3/c1-6-38-51-71-66-29-79(51)41-20-60-55(76-23-35(45(58)85)63-26-76)67-48(41)81(38)33-15-13-30(17-33)18-44-70-73-52-39(7-2)82(49-42(83(44)52)21-61-56(68-49)77-24-36(46(59)86)64-27-77)34-16-14-31(19-34)47-72-74-53-40(8-3)80(32-11-9-10-12-32)50-43(84(47)53)22-62-57(69-50)78-25-37(65-28-78)54(87)75(4)5/h20-34,38-40H,6-19H2,1-5H3,(H2,58,85)(H2,59,86). The minimum absolute atomic E-state index is 0.00132. The van der Waals surface area contributed by atoms with Gasteiger partial charge in [-0.05, 0) is 76.5 Å². The summed E-state index contributed by atoms with van der Waals surface area (Å²) in [5.74, 6) is 6.37. The van der Waals surface area contributed by atoms with E-state index in [0.29, 0.717) is 36.4 Å². The summed E-state index contributed by atoms with van der Waals surface area (Å²) < 4.78 is 11.3. The van der Waals surface area contributed by atoms with Gasteiger partial charge < -0.3 is 31.1 Å². The highest BCUT2D eigenvalue weighted by atomic mass is 16.2. The Kier molecular flexibility index (Phi) is 13.0. The van der Waals surface area contributed by atoms with Gasteiger partial charge in [0.1, 0.15) is 71.1 Å². The molecule has 3 aliphatic carbocycles. The number of imidazole rings is 3. The highest BCUT2D eigenvalue weighted by Gasteiger charge is 2.47. The first-order valence-electron chi connectivity index (χ1n) is 30.1. The van der Waals surface area contributed by atoms with E-state index >= 15 is 0 Å². The fourth-order valence-electron chi connectivity index (χ4n) is 14.6. The molecule has 0 radical (unpaired) electrons. The molecule has 7 atom stereocenters. The zero-order valence-corrected chi connectivity index (χ0v) is 48.9. The number of primary amides is 2. The number of rotatable bonds is 15. The number of amides is 3. The minimum Gasteiger partial charge on any atom is -0.364 e. The lowest BCUT2D eigenvalue weighted by molar-refractivity contribution is 0.0821. The smallest absolute Gasteiger partial charge is 0.273 e. The SMILES string of the molecule is CCC1c2nncn2-c2cnc(-n3cnc(C(N)=O)c3)nc2N1C1CCC(Cc2nnc3n2-c2cnc(-n4cnc(C(N)=O)c4)nc2N(C2CCC(c4nnc5n4-c4cnc(-n6cnc(C(=O)N(C)C)c6)nc4N(C4CCCC4)C5CC)C2)C3CC)C1. The van der Waals surface area contributed by atoms with Gasteiger partial charge in [-0.1, -0.05) is 33.6 Å². The third-order valence-electron chi connectivity index (χ3n) is 18.6. The van der Waals surface area contributed by atoms with Gasteiger partial charge in [0.2, 0.25) is 17.8 Å². The van der Waals surface area contributed by atoms with Gasteiger partial charge in [-0.25, -0.2) is 29.9 Å². The molecule has 3 fully saturated rings. The average Bonchev–Trinajstić information content (AvgIpc) is 1.74. The molecule has 0 aromatic carbocycles. The largest absolute Gasteiger partial charge is 0.364 e. The molecule has 3 amide bonds. The van der Waals surface area contributed by atoms with Crippen LogP contribution in [0.5, 0.6) is 0 Å². The summed E-state index contributed by atoms with van der Waals surface area (Å²) in [5.41, 5.74) is 14.2. The van der Waals surface area contributed by atoms with E-state index in [1.807, 2.05) is 17.0 Å². The number of hydrogen-bond donors (Lipinski definition) is 2. The van der Waals surface area contributed by atoms with Gasteiger partial charge in [0, 0.05) is 63.2 Å². The summed E-state index contributed by atoms with van der Waals surface area (Å²) in [6.07, 6.45) is 28.9. The van der Waals surface area contributed by atoms with Crippen LogP contribution in [-0.4, -0.2) is 158 Å². The van der Waals surface area contributed by atoms with Gasteiger partial charge in [-0.2, -0.15) is 15.0 Å². The van der Waals surface area contributed by atoms with Crippen molar-refractivity contribution >= 4 is 35.2 Å². The van der Waals surface area contributed by atoms with Gasteiger partial charge in [0.05, 0.1) is 36.7 Å². The molecule has 9 aromatic heterocycles. The maximum Gasteiger partial charge on any atom is 0.273 e. The van der Waals surface area contributed by atoms with E-state index < -0.39 is 11.8 Å². The molecule has 9 aromatic rings. The first-order valence-corrected chi connectivity index (χ1v) is 30.1. The van der Waals surface area contributed by atoms with Crippen molar-refractivity contribution in [2.45, 2.75) is 153 Å². The Morgan fingerprint density at radius 1 is 0.517 bits per heavy atom. The van der Waals surface area contributed by atoms with Crippen molar-refractivity contribution < 1.29 is 14.4 Å². The van der Waals surface area contributed by atoms with Crippen LogP contribution < -0.4 is 26.2 Å². The van der Waals surface area contributed by atoms with E-state index in [2.05, 4.69) is 74.7 Å². The van der Waals surface area contributed by atoms with Gasteiger partial charge >= 0.3 is 0 Å². The Balaban J connectivity index is 0.752. The van der Waals surface area contributed by atoms with Crippen molar-refractivity contribution in [2.75, 3.05) is 28.8 Å². The Labute approximate surface area is 498 Å². The number of hydrogen-bond acceptors (Lipinski definition) is 21. The zero-order chi connectivity index (χ0) is 59.5. The molecule has 0 spiro atoms. The van der Waals surface area contributed by atoms with Crippen LogP contribution in [0, 0.1) is 5.92 Å². The molecule has 30 nitrogen and oxygen atoms in total. The van der Waals surface area contributed by atoms with Crippen molar-refractivity contribution in [3.8, 4) is 34.9 Å². The van der Waals surface area contributed by atoms with Gasteiger partial charge in [-0.3, -0.25) is 41.8 Å². The van der Waals surface area contributed by atoms with E-state index in [1.54, 1.807) is 59.0 Å². The zero-order valence-electron chi connectivity index (χ0n) is 48.9. The normalized spacial score (nSPS) is 22.0. The molecule has 30 heteroatoms. The summed E-state index contributed by atoms with van der Waals surface area (Å²) in [6, 6.07) is -0.0801.